The van der Waals surface area contributed by atoms with Crippen molar-refractivity contribution in [3.05, 3.63) is 57.8 Å². The van der Waals surface area contributed by atoms with Gasteiger partial charge in [0.25, 0.3) is 5.91 Å². The summed E-state index contributed by atoms with van der Waals surface area (Å²) >= 11 is 11.9. The molecule has 0 spiro atoms. The predicted octanol–water partition coefficient (Wildman–Crippen LogP) is 4.58. The molecule has 6 nitrogen and oxygen atoms in total. The Labute approximate surface area is 178 Å². The maximum Gasteiger partial charge on any atom is 0.257 e. The van der Waals surface area contributed by atoms with Gasteiger partial charge in [0.05, 0.1) is 16.3 Å². The summed E-state index contributed by atoms with van der Waals surface area (Å²) < 4.78 is 14.2. The number of benzene rings is 2. The van der Waals surface area contributed by atoms with Crippen molar-refractivity contribution in [2.75, 3.05) is 23.7 Å². The Hall–Kier alpha value is -2.64. The van der Waals surface area contributed by atoms with Crippen molar-refractivity contribution in [2.24, 2.45) is 0 Å². The van der Waals surface area contributed by atoms with Crippen molar-refractivity contribution in [2.45, 2.75) is 20.3 Å². The van der Waals surface area contributed by atoms with Gasteiger partial charge in [-0.1, -0.05) is 30.1 Å². The molecule has 2 aromatic rings. The average molecular weight is 440 g/mol. The van der Waals surface area contributed by atoms with Crippen LogP contribution in [0.5, 0.6) is 0 Å². The van der Waals surface area contributed by atoms with Crippen LogP contribution in [-0.4, -0.2) is 35.7 Å². The van der Waals surface area contributed by atoms with E-state index < -0.39 is 17.6 Å². The minimum absolute atomic E-state index is 0.235. The highest BCUT2D eigenvalue weighted by Gasteiger charge is 2.22. The van der Waals surface area contributed by atoms with E-state index in [1.807, 2.05) is 6.92 Å². The fraction of sp³-hybridized carbons (Fsp3) is 0.250. The molecule has 0 fully saturated rings. The number of hydrogen-bond acceptors (Lipinski definition) is 3. The van der Waals surface area contributed by atoms with Gasteiger partial charge in [-0.15, -0.1) is 0 Å². The van der Waals surface area contributed by atoms with Gasteiger partial charge >= 0.3 is 0 Å². The Morgan fingerprint density at radius 3 is 2.45 bits per heavy atom. The number of halogens is 3. The number of amides is 3. The predicted molar refractivity (Wildman–Crippen MR) is 112 cm³/mol. The van der Waals surface area contributed by atoms with E-state index >= 15 is 0 Å². The number of rotatable bonds is 7. The number of carbonyl (C=O) groups excluding carboxylic acids is 3. The molecule has 29 heavy (non-hydrogen) atoms. The summed E-state index contributed by atoms with van der Waals surface area (Å²) in [4.78, 5) is 37.7. The van der Waals surface area contributed by atoms with Crippen molar-refractivity contribution < 1.29 is 18.8 Å². The standard InChI is InChI=1S/C20H20Cl2FN3O3/c1-3-8-26(11-19(28)25-18-9-13(21)4-6-16(18)22)20(29)15-10-14(24-12(2)27)5-7-17(15)23/h4-7,9-10H,3,8,11H2,1-2H3,(H,24,27)(H,25,28). The lowest BCUT2D eigenvalue weighted by Gasteiger charge is -2.22. The first-order valence-electron chi connectivity index (χ1n) is 8.82. The summed E-state index contributed by atoms with van der Waals surface area (Å²) in [6.07, 6.45) is 0.559. The molecule has 154 valence electrons. The van der Waals surface area contributed by atoms with Crippen LogP contribution in [0.3, 0.4) is 0 Å². The summed E-state index contributed by atoms with van der Waals surface area (Å²) in [5.41, 5.74) is 0.360. The van der Waals surface area contributed by atoms with E-state index in [9.17, 15) is 18.8 Å². The molecule has 2 aromatic carbocycles. The minimum atomic E-state index is -0.747. The molecule has 0 aliphatic carbocycles. The second kappa shape index (κ2) is 10.2. The van der Waals surface area contributed by atoms with Crippen molar-refractivity contribution in [3.63, 3.8) is 0 Å². The monoisotopic (exact) mass is 439 g/mol. The minimum Gasteiger partial charge on any atom is -0.329 e. The molecule has 0 atom stereocenters. The lowest BCUT2D eigenvalue weighted by molar-refractivity contribution is -0.117. The average Bonchev–Trinajstić information content (AvgIpc) is 2.65. The Bertz CT molecular complexity index is 937. The zero-order chi connectivity index (χ0) is 21.6. The summed E-state index contributed by atoms with van der Waals surface area (Å²) in [5.74, 6) is -2.26. The maximum absolute atomic E-state index is 14.2. The zero-order valence-corrected chi connectivity index (χ0v) is 17.4. The second-order valence-corrected chi connectivity index (χ2v) is 7.12. The fourth-order valence-electron chi connectivity index (χ4n) is 2.62. The Morgan fingerprint density at radius 1 is 1.07 bits per heavy atom. The lowest BCUT2D eigenvalue weighted by Crippen LogP contribution is -2.39. The first-order chi connectivity index (χ1) is 13.7. The molecule has 0 heterocycles. The second-order valence-electron chi connectivity index (χ2n) is 6.27. The van der Waals surface area contributed by atoms with Crippen molar-refractivity contribution in [1.82, 2.24) is 4.90 Å². The van der Waals surface area contributed by atoms with Gasteiger partial charge in [-0.2, -0.15) is 0 Å². The van der Waals surface area contributed by atoms with Crippen LogP contribution < -0.4 is 10.6 Å². The number of hydrogen-bond donors (Lipinski definition) is 2. The van der Waals surface area contributed by atoms with Gasteiger partial charge in [0.2, 0.25) is 11.8 Å². The quantitative estimate of drug-likeness (QED) is 0.662. The van der Waals surface area contributed by atoms with Gasteiger partial charge in [-0.3, -0.25) is 14.4 Å². The van der Waals surface area contributed by atoms with E-state index in [0.717, 1.165) is 6.07 Å². The van der Waals surface area contributed by atoms with E-state index in [1.54, 1.807) is 6.07 Å². The van der Waals surface area contributed by atoms with E-state index in [1.165, 1.54) is 36.1 Å². The van der Waals surface area contributed by atoms with Crippen LogP contribution in [0.15, 0.2) is 36.4 Å². The summed E-state index contributed by atoms with van der Waals surface area (Å²) in [7, 11) is 0. The van der Waals surface area contributed by atoms with Gasteiger partial charge in [-0.05, 0) is 42.8 Å². The Balaban J connectivity index is 2.20. The first-order valence-corrected chi connectivity index (χ1v) is 9.58. The fourth-order valence-corrected chi connectivity index (χ4v) is 2.96. The number of anilines is 2. The van der Waals surface area contributed by atoms with E-state index in [0.29, 0.717) is 22.2 Å². The molecule has 0 radical (unpaired) electrons. The summed E-state index contributed by atoms with van der Waals surface area (Å²) in [6.45, 7) is 3.06. The third-order valence-corrected chi connectivity index (χ3v) is 4.40. The van der Waals surface area contributed by atoms with Gasteiger partial charge in [0.1, 0.15) is 12.4 Å². The molecule has 9 heteroatoms. The highest BCUT2D eigenvalue weighted by atomic mass is 35.5. The van der Waals surface area contributed by atoms with E-state index in [4.69, 9.17) is 23.2 Å². The van der Waals surface area contributed by atoms with Crippen molar-refractivity contribution >= 4 is 52.3 Å². The van der Waals surface area contributed by atoms with Gasteiger partial charge < -0.3 is 15.5 Å². The maximum atomic E-state index is 14.2. The van der Waals surface area contributed by atoms with Crippen LogP contribution in [0.2, 0.25) is 10.0 Å². The van der Waals surface area contributed by atoms with Gasteiger partial charge in [-0.25, -0.2) is 4.39 Å². The number of carbonyl (C=O) groups is 3. The molecular formula is C20H20Cl2FN3O3. The Morgan fingerprint density at radius 2 is 1.79 bits per heavy atom. The van der Waals surface area contributed by atoms with Crippen LogP contribution >= 0.6 is 23.2 Å². The third-order valence-electron chi connectivity index (χ3n) is 3.83. The molecule has 2 rings (SSSR count). The molecule has 0 saturated heterocycles. The lowest BCUT2D eigenvalue weighted by atomic mass is 10.1. The molecule has 2 N–H and O–H groups in total. The Kier molecular flexibility index (Phi) is 7.99. The molecule has 0 saturated carbocycles. The topological polar surface area (TPSA) is 78.5 Å². The molecule has 3 amide bonds. The molecule has 0 aliphatic heterocycles. The highest BCUT2D eigenvalue weighted by Crippen LogP contribution is 2.25. The molecule has 0 aliphatic rings. The molecule has 0 bridgehead atoms. The third kappa shape index (κ3) is 6.44. The van der Waals surface area contributed by atoms with Crippen molar-refractivity contribution in [3.8, 4) is 0 Å². The molecular weight excluding hydrogens is 420 g/mol. The smallest absolute Gasteiger partial charge is 0.257 e. The highest BCUT2D eigenvalue weighted by molar-refractivity contribution is 6.35. The molecule has 0 unspecified atom stereocenters. The van der Waals surface area contributed by atoms with Crippen LogP contribution in [-0.2, 0) is 9.59 Å². The number of nitrogens with one attached hydrogen (secondary N) is 2. The zero-order valence-electron chi connectivity index (χ0n) is 15.9. The largest absolute Gasteiger partial charge is 0.329 e. The SMILES string of the molecule is CCCN(CC(=O)Nc1cc(Cl)ccc1Cl)C(=O)c1cc(NC(C)=O)ccc1F. The number of nitrogens with zero attached hydrogens (tertiary/aromatic N) is 1. The summed E-state index contributed by atoms with van der Waals surface area (Å²) in [6, 6.07) is 8.30. The molecule has 0 aromatic heterocycles. The first kappa shape index (κ1) is 22.6. The van der Waals surface area contributed by atoms with Crippen LogP contribution in [0.25, 0.3) is 0 Å². The van der Waals surface area contributed by atoms with E-state index in [2.05, 4.69) is 10.6 Å². The van der Waals surface area contributed by atoms with E-state index in [-0.39, 0.29) is 30.2 Å². The van der Waals surface area contributed by atoms with Crippen LogP contribution in [0.4, 0.5) is 15.8 Å². The van der Waals surface area contributed by atoms with Crippen molar-refractivity contribution in [1.29, 1.82) is 0 Å². The van der Waals surface area contributed by atoms with Gasteiger partial charge in [0.15, 0.2) is 0 Å². The van der Waals surface area contributed by atoms with Crippen LogP contribution in [0, 0.1) is 5.82 Å². The summed E-state index contributed by atoms with van der Waals surface area (Å²) in [5, 5.41) is 5.79. The van der Waals surface area contributed by atoms with Gasteiger partial charge in [0, 0.05) is 24.2 Å². The normalized spacial score (nSPS) is 10.4. The van der Waals surface area contributed by atoms with Crippen LogP contribution in [0.1, 0.15) is 30.6 Å².